The second-order valence-corrected chi connectivity index (χ2v) is 9.68. The number of rotatable bonds is 5. The molecule has 2 amide bonds. The van der Waals surface area contributed by atoms with Gasteiger partial charge in [-0.3, -0.25) is 14.2 Å². The number of ether oxygens (including phenoxy) is 1. The van der Waals surface area contributed by atoms with Gasteiger partial charge in [0.25, 0.3) is 5.56 Å². The Morgan fingerprint density at radius 2 is 1.97 bits per heavy atom. The van der Waals surface area contributed by atoms with Crippen molar-refractivity contribution in [1.29, 1.82) is 0 Å². The average molecular weight is 487 g/mol. The van der Waals surface area contributed by atoms with Gasteiger partial charge >= 0.3 is 6.09 Å². The van der Waals surface area contributed by atoms with E-state index < -0.39 is 35.0 Å². The van der Waals surface area contributed by atoms with E-state index >= 15 is 0 Å². The summed E-state index contributed by atoms with van der Waals surface area (Å²) in [5.74, 6) is -1.17. The summed E-state index contributed by atoms with van der Waals surface area (Å²) in [4.78, 5) is 42.7. The molecule has 34 heavy (non-hydrogen) atoms. The van der Waals surface area contributed by atoms with E-state index in [-0.39, 0.29) is 33.2 Å². The Balaban J connectivity index is 1.96. The summed E-state index contributed by atoms with van der Waals surface area (Å²) in [6.45, 7) is 5.23. The smallest absolute Gasteiger partial charge is 0.408 e. The number of hydrogen-bond acceptors (Lipinski definition) is 5. The number of halogens is 2. The van der Waals surface area contributed by atoms with Crippen molar-refractivity contribution in [3.05, 3.63) is 69.0 Å². The lowest BCUT2D eigenvalue weighted by Crippen LogP contribution is -2.39. The summed E-state index contributed by atoms with van der Waals surface area (Å²) < 4.78 is 20.8. The van der Waals surface area contributed by atoms with E-state index in [0.717, 1.165) is 25.0 Å². The molecule has 0 unspecified atom stereocenters. The zero-order valence-corrected chi connectivity index (χ0v) is 19.6. The van der Waals surface area contributed by atoms with Crippen LogP contribution in [-0.4, -0.2) is 27.2 Å². The highest BCUT2D eigenvalue weighted by Crippen LogP contribution is 2.41. The maximum Gasteiger partial charge on any atom is 0.408 e. The fraction of sp³-hybridized carbons (Fsp3) is 0.333. The summed E-state index contributed by atoms with van der Waals surface area (Å²) >= 11 is 6.24. The number of carbonyl (C=O) groups is 2. The number of benzene rings is 2. The first-order chi connectivity index (χ1) is 15.9. The molecule has 3 N–H and O–H groups in total. The highest BCUT2D eigenvalue weighted by atomic mass is 35.5. The first-order valence-corrected chi connectivity index (χ1v) is 11.1. The Labute approximate surface area is 199 Å². The Kier molecular flexibility index (Phi) is 6.07. The number of amides is 2. The van der Waals surface area contributed by atoms with Gasteiger partial charge in [-0.1, -0.05) is 17.7 Å². The lowest BCUT2D eigenvalue weighted by atomic mass is 10.1. The molecule has 3 aromatic rings. The van der Waals surface area contributed by atoms with Crippen molar-refractivity contribution in [2.24, 2.45) is 11.7 Å². The third-order valence-electron chi connectivity index (χ3n) is 5.35. The Hall–Kier alpha value is -3.46. The molecule has 2 aromatic carbocycles. The predicted molar refractivity (Wildman–Crippen MR) is 126 cm³/mol. The van der Waals surface area contributed by atoms with Gasteiger partial charge in [0.15, 0.2) is 0 Å². The van der Waals surface area contributed by atoms with Crippen molar-refractivity contribution in [1.82, 2.24) is 14.9 Å². The van der Waals surface area contributed by atoms with Gasteiger partial charge in [0.05, 0.1) is 27.7 Å². The minimum absolute atomic E-state index is 0.00154. The van der Waals surface area contributed by atoms with Crippen LogP contribution in [0.15, 0.2) is 41.2 Å². The first-order valence-electron chi connectivity index (χ1n) is 10.8. The molecule has 0 saturated heterocycles. The molecular weight excluding hydrogens is 463 g/mol. The first kappa shape index (κ1) is 23.7. The molecule has 0 radical (unpaired) electrons. The molecule has 1 atom stereocenters. The fourth-order valence-electron chi connectivity index (χ4n) is 3.75. The minimum atomic E-state index is -0.731. The minimum Gasteiger partial charge on any atom is -0.444 e. The van der Waals surface area contributed by atoms with E-state index in [4.69, 9.17) is 22.1 Å². The maximum atomic E-state index is 14.1. The van der Waals surface area contributed by atoms with Crippen LogP contribution in [0.2, 0.25) is 5.02 Å². The van der Waals surface area contributed by atoms with Crippen LogP contribution in [0, 0.1) is 11.7 Å². The van der Waals surface area contributed by atoms with E-state index in [1.165, 1.54) is 16.7 Å². The van der Waals surface area contributed by atoms with Crippen molar-refractivity contribution in [2.75, 3.05) is 0 Å². The molecule has 1 aliphatic rings. The number of nitrogens with one attached hydrogen (secondary N) is 1. The van der Waals surface area contributed by atoms with Gasteiger partial charge < -0.3 is 15.8 Å². The van der Waals surface area contributed by atoms with Crippen molar-refractivity contribution in [2.45, 2.75) is 45.3 Å². The topological polar surface area (TPSA) is 116 Å². The Morgan fingerprint density at radius 3 is 2.59 bits per heavy atom. The lowest BCUT2D eigenvalue weighted by Gasteiger charge is -2.25. The Morgan fingerprint density at radius 1 is 1.26 bits per heavy atom. The fourth-order valence-corrected chi connectivity index (χ4v) is 3.99. The zero-order chi connectivity index (χ0) is 24.8. The van der Waals surface area contributed by atoms with Crippen LogP contribution in [0.4, 0.5) is 9.18 Å². The summed E-state index contributed by atoms with van der Waals surface area (Å²) in [5, 5.41) is 2.76. The third kappa shape index (κ3) is 4.89. The largest absolute Gasteiger partial charge is 0.444 e. The molecule has 1 aliphatic carbocycles. The highest BCUT2D eigenvalue weighted by Gasteiger charge is 2.38. The number of primary amides is 1. The van der Waals surface area contributed by atoms with E-state index in [2.05, 4.69) is 10.3 Å². The van der Waals surface area contributed by atoms with Gasteiger partial charge in [0.1, 0.15) is 17.2 Å². The zero-order valence-electron chi connectivity index (χ0n) is 18.9. The summed E-state index contributed by atoms with van der Waals surface area (Å²) in [5.41, 5.74) is 4.68. The number of carbonyl (C=O) groups excluding carboxylic acids is 2. The van der Waals surface area contributed by atoms with E-state index in [0.29, 0.717) is 5.69 Å². The SMILES string of the molecule is CC(C)(C)OC(=O)N[C@H](c1nc2c(Cl)cc(F)cc2c(=O)n1-c1cccc(C(N)=O)c1)C1CC1. The lowest BCUT2D eigenvalue weighted by molar-refractivity contribution is 0.0493. The number of fused-ring (bicyclic) bond motifs is 1. The normalized spacial score (nSPS) is 14.6. The van der Waals surface area contributed by atoms with Gasteiger partial charge in [-0.15, -0.1) is 0 Å². The van der Waals surface area contributed by atoms with Gasteiger partial charge in [0, 0.05) is 5.56 Å². The Bertz CT molecular complexity index is 1360. The van der Waals surface area contributed by atoms with Crippen LogP contribution < -0.4 is 16.6 Å². The molecular formula is C24H24ClFN4O4. The standard InChI is InChI=1S/C24H24ClFN4O4/c1-24(2,3)34-23(33)29-18(12-7-8-12)21-28-19-16(10-14(26)11-17(19)25)22(32)30(21)15-6-4-5-13(9-15)20(27)31/h4-6,9-12,18H,7-8H2,1-3H3,(H2,27,31)(H,29,33)/t18-/m0/s1. The van der Waals surface area contributed by atoms with Crippen molar-refractivity contribution < 1.29 is 18.7 Å². The third-order valence-corrected chi connectivity index (χ3v) is 5.64. The van der Waals surface area contributed by atoms with Crippen molar-refractivity contribution in [3.8, 4) is 5.69 Å². The van der Waals surface area contributed by atoms with Crippen LogP contribution in [0.1, 0.15) is 55.8 Å². The quantitative estimate of drug-likeness (QED) is 0.559. The molecule has 10 heteroatoms. The summed E-state index contributed by atoms with van der Waals surface area (Å²) in [7, 11) is 0. The number of hydrogen-bond donors (Lipinski definition) is 2. The van der Waals surface area contributed by atoms with Crippen LogP contribution in [0.5, 0.6) is 0 Å². The van der Waals surface area contributed by atoms with E-state index in [1.807, 2.05) is 0 Å². The van der Waals surface area contributed by atoms with Crippen LogP contribution in [0.25, 0.3) is 16.6 Å². The van der Waals surface area contributed by atoms with Crippen LogP contribution >= 0.6 is 11.6 Å². The van der Waals surface area contributed by atoms with E-state index in [9.17, 15) is 18.8 Å². The highest BCUT2D eigenvalue weighted by molar-refractivity contribution is 6.35. The molecule has 0 spiro atoms. The van der Waals surface area contributed by atoms with Crippen LogP contribution in [-0.2, 0) is 4.74 Å². The van der Waals surface area contributed by atoms with Gasteiger partial charge in [0.2, 0.25) is 5.91 Å². The number of aromatic nitrogens is 2. The van der Waals surface area contributed by atoms with Gasteiger partial charge in [-0.2, -0.15) is 0 Å². The molecule has 1 aromatic heterocycles. The van der Waals surface area contributed by atoms with E-state index in [1.54, 1.807) is 32.9 Å². The monoisotopic (exact) mass is 486 g/mol. The molecule has 1 saturated carbocycles. The van der Waals surface area contributed by atoms with Gasteiger partial charge in [-0.05, 0) is 69.9 Å². The molecule has 4 rings (SSSR count). The average Bonchev–Trinajstić information content (AvgIpc) is 3.56. The maximum absolute atomic E-state index is 14.1. The molecule has 1 fully saturated rings. The molecule has 8 nitrogen and oxygen atoms in total. The summed E-state index contributed by atoms with van der Waals surface area (Å²) in [6, 6.07) is 7.57. The summed E-state index contributed by atoms with van der Waals surface area (Å²) in [6.07, 6.45) is 0.932. The molecule has 0 aliphatic heterocycles. The molecule has 1 heterocycles. The molecule has 178 valence electrons. The predicted octanol–water partition coefficient (Wildman–Crippen LogP) is 4.25. The number of alkyl carbamates (subject to hydrolysis) is 1. The number of nitrogens with zero attached hydrogens (tertiary/aromatic N) is 2. The number of nitrogens with two attached hydrogens (primary N) is 1. The van der Waals surface area contributed by atoms with Gasteiger partial charge in [-0.25, -0.2) is 14.2 Å². The van der Waals surface area contributed by atoms with Crippen molar-refractivity contribution >= 4 is 34.5 Å². The second kappa shape index (κ2) is 8.72. The second-order valence-electron chi connectivity index (χ2n) is 9.27. The van der Waals surface area contributed by atoms with Crippen LogP contribution in [0.3, 0.4) is 0 Å². The molecule has 0 bridgehead atoms. The van der Waals surface area contributed by atoms with Crippen molar-refractivity contribution in [3.63, 3.8) is 0 Å².